The summed E-state index contributed by atoms with van der Waals surface area (Å²) < 4.78 is 27.8. The highest BCUT2D eigenvalue weighted by molar-refractivity contribution is 5.95. The van der Waals surface area contributed by atoms with Gasteiger partial charge in [-0.3, -0.25) is 4.79 Å². The fourth-order valence-corrected chi connectivity index (χ4v) is 4.08. The van der Waals surface area contributed by atoms with Gasteiger partial charge in [0.25, 0.3) is 5.91 Å². The Morgan fingerprint density at radius 1 is 0.931 bits per heavy atom. The SMILES string of the molecule is CC1CCCCN1c1ccc(N2CCN(C(=O)c3c(F)cccc3F)CC2)nn1. The fourth-order valence-electron chi connectivity index (χ4n) is 4.08. The third-order valence-corrected chi connectivity index (χ3v) is 5.80. The Kier molecular flexibility index (Phi) is 5.60. The number of carbonyl (C=O) groups is 1. The predicted octanol–water partition coefficient (Wildman–Crippen LogP) is 3.10. The van der Waals surface area contributed by atoms with Gasteiger partial charge in [-0.25, -0.2) is 8.78 Å². The molecule has 1 aromatic heterocycles. The zero-order chi connectivity index (χ0) is 20.4. The van der Waals surface area contributed by atoms with Crippen LogP contribution in [-0.2, 0) is 0 Å². The lowest BCUT2D eigenvalue weighted by Gasteiger charge is -2.36. The lowest BCUT2D eigenvalue weighted by Crippen LogP contribution is -2.49. The molecule has 6 nitrogen and oxygen atoms in total. The van der Waals surface area contributed by atoms with Crippen LogP contribution in [0.15, 0.2) is 30.3 Å². The van der Waals surface area contributed by atoms with Crippen LogP contribution in [0, 0.1) is 11.6 Å². The van der Waals surface area contributed by atoms with Crippen molar-refractivity contribution in [2.75, 3.05) is 42.5 Å². The number of halogens is 2. The second-order valence-electron chi connectivity index (χ2n) is 7.66. The molecule has 3 heterocycles. The van der Waals surface area contributed by atoms with Crippen molar-refractivity contribution in [2.45, 2.75) is 32.2 Å². The summed E-state index contributed by atoms with van der Waals surface area (Å²) in [4.78, 5) is 18.3. The van der Waals surface area contributed by atoms with E-state index in [1.807, 2.05) is 17.0 Å². The molecule has 2 aliphatic rings. The molecule has 2 aromatic rings. The topological polar surface area (TPSA) is 52.6 Å². The molecule has 1 atom stereocenters. The highest BCUT2D eigenvalue weighted by Gasteiger charge is 2.27. The number of hydrogen-bond acceptors (Lipinski definition) is 5. The van der Waals surface area contributed by atoms with Gasteiger partial charge in [-0.05, 0) is 50.5 Å². The van der Waals surface area contributed by atoms with Gasteiger partial charge in [0.1, 0.15) is 17.2 Å². The number of hydrogen-bond donors (Lipinski definition) is 0. The smallest absolute Gasteiger partial charge is 0.259 e. The van der Waals surface area contributed by atoms with Crippen LogP contribution in [0.1, 0.15) is 36.5 Å². The molecule has 0 bridgehead atoms. The summed E-state index contributed by atoms with van der Waals surface area (Å²) in [6.07, 6.45) is 3.59. The molecule has 1 aromatic carbocycles. The number of anilines is 2. The van der Waals surface area contributed by atoms with E-state index in [-0.39, 0.29) is 0 Å². The van der Waals surface area contributed by atoms with E-state index in [4.69, 9.17) is 0 Å². The first-order chi connectivity index (χ1) is 14.0. The normalized spacial score (nSPS) is 20.1. The average molecular weight is 401 g/mol. The fraction of sp³-hybridized carbons (Fsp3) is 0.476. The third kappa shape index (κ3) is 4.02. The summed E-state index contributed by atoms with van der Waals surface area (Å²) in [6.45, 7) is 5.04. The summed E-state index contributed by atoms with van der Waals surface area (Å²) in [5.41, 5.74) is -0.485. The standard InChI is InChI=1S/C21H25F2N5O/c1-15-5-2-3-10-28(15)19-9-8-18(24-25-19)26-11-13-27(14-12-26)21(29)20-16(22)6-4-7-17(20)23/h4,6-9,15H,2-3,5,10-14H2,1H3. The summed E-state index contributed by atoms with van der Waals surface area (Å²) in [7, 11) is 0. The lowest BCUT2D eigenvalue weighted by atomic mass is 10.0. The monoisotopic (exact) mass is 401 g/mol. The molecule has 0 radical (unpaired) electrons. The quantitative estimate of drug-likeness (QED) is 0.791. The first-order valence-electron chi connectivity index (χ1n) is 10.1. The van der Waals surface area contributed by atoms with Crippen LogP contribution in [0.4, 0.5) is 20.4 Å². The van der Waals surface area contributed by atoms with Crippen molar-refractivity contribution < 1.29 is 13.6 Å². The molecule has 1 unspecified atom stereocenters. The van der Waals surface area contributed by atoms with Crippen LogP contribution < -0.4 is 9.80 Å². The van der Waals surface area contributed by atoms with E-state index in [0.29, 0.717) is 32.2 Å². The number of aromatic nitrogens is 2. The van der Waals surface area contributed by atoms with Gasteiger partial charge in [-0.1, -0.05) is 6.07 Å². The average Bonchev–Trinajstić information content (AvgIpc) is 2.74. The summed E-state index contributed by atoms with van der Waals surface area (Å²) >= 11 is 0. The van der Waals surface area contributed by atoms with Crippen molar-refractivity contribution in [1.29, 1.82) is 0 Å². The molecule has 4 rings (SSSR count). The number of amides is 1. The summed E-state index contributed by atoms with van der Waals surface area (Å²) in [5, 5.41) is 8.79. The molecule has 154 valence electrons. The second-order valence-corrected chi connectivity index (χ2v) is 7.66. The van der Waals surface area contributed by atoms with Crippen molar-refractivity contribution in [2.24, 2.45) is 0 Å². The molecular formula is C21H25F2N5O. The van der Waals surface area contributed by atoms with E-state index < -0.39 is 23.1 Å². The Morgan fingerprint density at radius 2 is 1.59 bits per heavy atom. The maximum absolute atomic E-state index is 13.9. The molecule has 2 saturated heterocycles. The Morgan fingerprint density at radius 3 is 2.21 bits per heavy atom. The number of benzene rings is 1. The van der Waals surface area contributed by atoms with E-state index in [2.05, 4.69) is 22.0 Å². The van der Waals surface area contributed by atoms with Gasteiger partial charge in [-0.2, -0.15) is 0 Å². The van der Waals surface area contributed by atoms with Crippen molar-refractivity contribution in [3.05, 3.63) is 47.5 Å². The number of carbonyl (C=O) groups excluding carboxylic acids is 1. The molecule has 8 heteroatoms. The molecule has 1 amide bonds. The minimum absolute atomic E-state index is 0.374. The largest absolute Gasteiger partial charge is 0.352 e. The van der Waals surface area contributed by atoms with Gasteiger partial charge in [0.2, 0.25) is 0 Å². The number of piperidine rings is 1. The van der Waals surface area contributed by atoms with Crippen molar-refractivity contribution in [1.82, 2.24) is 15.1 Å². The van der Waals surface area contributed by atoms with E-state index in [1.165, 1.54) is 30.2 Å². The maximum atomic E-state index is 13.9. The van der Waals surface area contributed by atoms with Crippen LogP contribution in [-0.4, -0.2) is 59.8 Å². The molecule has 0 N–H and O–H groups in total. The van der Waals surface area contributed by atoms with Crippen LogP contribution >= 0.6 is 0 Å². The highest BCUT2D eigenvalue weighted by atomic mass is 19.1. The van der Waals surface area contributed by atoms with E-state index in [1.54, 1.807) is 0 Å². The van der Waals surface area contributed by atoms with Gasteiger partial charge in [0.15, 0.2) is 11.6 Å². The van der Waals surface area contributed by atoms with Gasteiger partial charge >= 0.3 is 0 Å². The first kappa shape index (κ1) is 19.5. The molecule has 0 saturated carbocycles. The van der Waals surface area contributed by atoms with Gasteiger partial charge in [0, 0.05) is 38.8 Å². The molecular weight excluding hydrogens is 376 g/mol. The molecule has 29 heavy (non-hydrogen) atoms. The van der Waals surface area contributed by atoms with Gasteiger partial charge < -0.3 is 14.7 Å². The van der Waals surface area contributed by atoms with E-state index in [9.17, 15) is 13.6 Å². The molecule has 2 fully saturated rings. The Hall–Kier alpha value is -2.77. The first-order valence-corrected chi connectivity index (χ1v) is 10.1. The van der Waals surface area contributed by atoms with E-state index in [0.717, 1.165) is 30.3 Å². The Bertz CT molecular complexity index is 848. The van der Waals surface area contributed by atoms with Crippen LogP contribution in [0.25, 0.3) is 0 Å². The number of nitrogens with zero attached hydrogens (tertiary/aromatic N) is 5. The van der Waals surface area contributed by atoms with Gasteiger partial charge in [-0.15, -0.1) is 10.2 Å². The zero-order valence-electron chi connectivity index (χ0n) is 16.5. The second kappa shape index (κ2) is 8.31. The van der Waals surface area contributed by atoms with E-state index >= 15 is 0 Å². The van der Waals surface area contributed by atoms with Gasteiger partial charge in [0.05, 0.1) is 0 Å². The van der Waals surface area contributed by atoms with Crippen molar-refractivity contribution in [3.8, 4) is 0 Å². The number of rotatable bonds is 3. The predicted molar refractivity (Wildman–Crippen MR) is 107 cm³/mol. The van der Waals surface area contributed by atoms with Crippen molar-refractivity contribution >= 4 is 17.5 Å². The zero-order valence-corrected chi connectivity index (χ0v) is 16.5. The van der Waals surface area contributed by atoms with Crippen molar-refractivity contribution in [3.63, 3.8) is 0 Å². The minimum Gasteiger partial charge on any atom is -0.352 e. The minimum atomic E-state index is -0.828. The summed E-state index contributed by atoms with van der Waals surface area (Å²) in [6, 6.07) is 7.89. The maximum Gasteiger partial charge on any atom is 0.259 e. The Labute approximate surface area is 169 Å². The highest BCUT2D eigenvalue weighted by Crippen LogP contribution is 2.24. The Balaban J connectivity index is 1.39. The molecule has 0 aliphatic carbocycles. The molecule has 2 aliphatic heterocycles. The van der Waals surface area contributed by atoms with Crippen LogP contribution in [0.2, 0.25) is 0 Å². The lowest BCUT2D eigenvalue weighted by molar-refractivity contribution is 0.0736. The van der Waals surface area contributed by atoms with Crippen LogP contribution in [0.5, 0.6) is 0 Å². The third-order valence-electron chi connectivity index (χ3n) is 5.80. The van der Waals surface area contributed by atoms with Crippen LogP contribution in [0.3, 0.4) is 0 Å². The molecule has 0 spiro atoms. The number of piperazine rings is 1. The summed E-state index contributed by atoms with van der Waals surface area (Å²) in [5.74, 6) is -0.621.